The lowest BCUT2D eigenvalue weighted by molar-refractivity contribution is -0.145. The Labute approximate surface area is 240 Å². The molecule has 1 aromatic rings. The lowest BCUT2D eigenvalue weighted by Crippen LogP contribution is -2.51. The van der Waals surface area contributed by atoms with Gasteiger partial charge in [0.05, 0.1) is 26.2 Å². The van der Waals surface area contributed by atoms with Gasteiger partial charge >= 0.3 is 23.9 Å². The van der Waals surface area contributed by atoms with E-state index in [1.807, 2.05) is 31.2 Å². The zero-order valence-corrected chi connectivity index (χ0v) is 23.8. The first-order valence-electron chi connectivity index (χ1n) is 14.1. The summed E-state index contributed by atoms with van der Waals surface area (Å²) in [4.78, 5) is 53.5. The topological polar surface area (TPSA) is 171 Å². The molecular formula is C28H44N4O9. The van der Waals surface area contributed by atoms with E-state index in [0.29, 0.717) is 19.4 Å². The second kappa shape index (κ2) is 18.2. The number of benzene rings is 1. The molecule has 1 atom stereocenters. The van der Waals surface area contributed by atoms with E-state index in [1.54, 1.807) is 19.6 Å². The van der Waals surface area contributed by atoms with Crippen LogP contribution in [0.1, 0.15) is 31.7 Å². The first-order chi connectivity index (χ1) is 19.6. The van der Waals surface area contributed by atoms with Crippen LogP contribution in [0.3, 0.4) is 0 Å². The fourth-order valence-corrected chi connectivity index (χ4v) is 4.96. The largest absolute Gasteiger partial charge is 0.494 e. The van der Waals surface area contributed by atoms with Gasteiger partial charge in [0.1, 0.15) is 11.8 Å². The van der Waals surface area contributed by atoms with E-state index >= 15 is 0 Å². The average molecular weight is 581 g/mol. The molecule has 0 saturated carbocycles. The number of hydrogen-bond donors (Lipinski definition) is 4. The van der Waals surface area contributed by atoms with E-state index in [2.05, 4.69) is 0 Å². The van der Waals surface area contributed by atoms with E-state index in [4.69, 9.17) is 4.74 Å². The quantitative estimate of drug-likeness (QED) is 0.214. The summed E-state index contributed by atoms with van der Waals surface area (Å²) in [5.74, 6) is -3.23. The summed E-state index contributed by atoms with van der Waals surface area (Å²) in [5.41, 5.74) is 1.14. The number of carboxylic acid groups (broad SMARTS) is 4. The maximum atomic E-state index is 12.4. The van der Waals surface area contributed by atoms with Gasteiger partial charge in [-0.15, -0.1) is 0 Å². The summed E-state index contributed by atoms with van der Waals surface area (Å²) in [6, 6.07) is 7.04. The standard InChI is InChI=1S/C28H44N4O9/c1-2-41-23-9-7-22(8-10-23)5-3-4-6-24(28(39)40)32-17-15-30(20-26(35)36)13-11-29(19-25(33)34)12-14-31(16-18-32)21-27(37)38/h7-10,24H,2-6,11-21H2,1H3,(H,33,34)(H,35,36)(H,37,38)(H,39,40). The van der Waals surface area contributed by atoms with Gasteiger partial charge in [-0.2, -0.15) is 0 Å². The highest BCUT2D eigenvalue weighted by atomic mass is 16.5. The van der Waals surface area contributed by atoms with Gasteiger partial charge in [-0.1, -0.05) is 18.6 Å². The highest BCUT2D eigenvalue weighted by molar-refractivity contribution is 5.73. The molecule has 4 N–H and O–H groups in total. The first kappa shape index (κ1) is 33.9. The molecule has 1 aliphatic rings. The summed E-state index contributed by atoms with van der Waals surface area (Å²) >= 11 is 0. The first-order valence-corrected chi connectivity index (χ1v) is 14.1. The third-order valence-electron chi connectivity index (χ3n) is 7.10. The lowest BCUT2D eigenvalue weighted by atomic mass is 10.0. The molecule has 0 aliphatic carbocycles. The normalized spacial score (nSPS) is 17.7. The number of rotatable bonds is 15. The Kier molecular flexibility index (Phi) is 15.1. The summed E-state index contributed by atoms with van der Waals surface area (Å²) in [7, 11) is 0. The van der Waals surface area contributed by atoms with Gasteiger partial charge < -0.3 is 25.2 Å². The molecule has 1 unspecified atom stereocenters. The molecule has 2 rings (SSSR count). The summed E-state index contributed by atoms with van der Waals surface area (Å²) in [6.07, 6.45) is 2.66. The van der Waals surface area contributed by atoms with Crippen LogP contribution >= 0.6 is 0 Å². The Morgan fingerprint density at radius 3 is 1.54 bits per heavy atom. The molecule has 0 spiro atoms. The van der Waals surface area contributed by atoms with Crippen molar-refractivity contribution in [1.29, 1.82) is 0 Å². The summed E-state index contributed by atoms with van der Waals surface area (Å²) < 4.78 is 5.47. The van der Waals surface area contributed by atoms with E-state index in [-0.39, 0.29) is 72.0 Å². The third-order valence-corrected chi connectivity index (χ3v) is 7.10. The van der Waals surface area contributed by atoms with Crippen molar-refractivity contribution < 1.29 is 44.3 Å². The predicted molar refractivity (Wildman–Crippen MR) is 150 cm³/mol. The van der Waals surface area contributed by atoms with Crippen LogP contribution in [-0.2, 0) is 25.6 Å². The number of aryl methyl sites for hydroxylation is 1. The van der Waals surface area contributed by atoms with Crippen LogP contribution in [0.25, 0.3) is 0 Å². The molecule has 1 aromatic carbocycles. The fourth-order valence-electron chi connectivity index (χ4n) is 4.96. The van der Waals surface area contributed by atoms with Crippen molar-refractivity contribution in [3.63, 3.8) is 0 Å². The fraction of sp³-hybridized carbons (Fsp3) is 0.643. The minimum atomic E-state index is -1.02. The predicted octanol–water partition coefficient (Wildman–Crippen LogP) is 0.727. The molecular weight excluding hydrogens is 536 g/mol. The number of hydrogen-bond acceptors (Lipinski definition) is 9. The number of carboxylic acids is 4. The molecule has 0 amide bonds. The maximum absolute atomic E-state index is 12.4. The molecule has 0 bridgehead atoms. The van der Waals surface area contributed by atoms with Crippen LogP contribution in [0.4, 0.5) is 0 Å². The maximum Gasteiger partial charge on any atom is 0.320 e. The Bertz CT molecular complexity index is 944. The molecule has 1 fully saturated rings. The molecule has 0 aromatic heterocycles. The Hall–Kier alpha value is -3.26. The van der Waals surface area contributed by atoms with Crippen LogP contribution in [0.2, 0.25) is 0 Å². The molecule has 1 aliphatic heterocycles. The van der Waals surface area contributed by atoms with Gasteiger partial charge in [0.2, 0.25) is 0 Å². The molecule has 41 heavy (non-hydrogen) atoms. The molecule has 13 nitrogen and oxygen atoms in total. The Morgan fingerprint density at radius 2 is 1.15 bits per heavy atom. The van der Waals surface area contributed by atoms with Crippen molar-refractivity contribution in [3.05, 3.63) is 29.8 Å². The van der Waals surface area contributed by atoms with Gasteiger partial charge in [0.25, 0.3) is 0 Å². The highest BCUT2D eigenvalue weighted by Crippen LogP contribution is 2.16. The van der Waals surface area contributed by atoms with Crippen molar-refractivity contribution in [2.24, 2.45) is 0 Å². The number of unbranched alkanes of at least 4 members (excludes halogenated alkanes) is 1. The van der Waals surface area contributed by atoms with E-state index in [0.717, 1.165) is 24.2 Å². The van der Waals surface area contributed by atoms with Crippen molar-refractivity contribution in [2.75, 3.05) is 78.6 Å². The van der Waals surface area contributed by atoms with Crippen molar-refractivity contribution >= 4 is 23.9 Å². The molecule has 1 saturated heterocycles. The van der Waals surface area contributed by atoms with Gasteiger partial charge in [-0.05, 0) is 43.9 Å². The number of aliphatic carboxylic acids is 4. The molecule has 0 radical (unpaired) electrons. The van der Waals surface area contributed by atoms with E-state index < -0.39 is 29.9 Å². The smallest absolute Gasteiger partial charge is 0.320 e. The van der Waals surface area contributed by atoms with Gasteiger partial charge in [-0.25, -0.2) is 0 Å². The van der Waals surface area contributed by atoms with Gasteiger partial charge in [-0.3, -0.25) is 38.8 Å². The number of carbonyl (C=O) groups is 4. The highest BCUT2D eigenvalue weighted by Gasteiger charge is 2.27. The second-order valence-electron chi connectivity index (χ2n) is 10.2. The summed E-state index contributed by atoms with van der Waals surface area (Å²) in [5, 5.41) is 38.2. The Morgan fingerprint density at radius 1 is 0.707 bits per heavy atom. The van der Waals surface area contributed by atoms with Gasteiger partial charge in [0.15, 0.2) is 0 Å². The van der Waals surface area contributed by atoms with Crippen LogP contribution in [0.5, 0.6) is 5.75 Å². The zero-order valence-electron chi connectivity index (χ0n) is 23.8. The van der Waals surface area contributed by atoms with Crippen LogP contribution < -0.4 is 4.74 Å². The molecule has 13 heteroatoms. The third kappa shape index (κ3) is 13.8. The monoisotopic (exact) mass is 580 g/mol. The van der Waals surface area contributed by atoms with E-state index in [1.165, 1.54) is 0 Å². The minimum Gasteiger partial charge on any atom is -0.494 e. The average Bonchev–Trinajstić information content (AvgIpc) is 2.89. The van der Waals surface area contributed by atoms with Crippen molar-refractivity contribution in [1.82, 2.24) is 19.6 Å². The van der Waals surface area contributed by atoms with Crippen LogP contribution in [-0.4, -0.2) is 149 Å². The van der Waals surface area contributed by atoms with Crippen LogP contribution in [0.15, 0.2) is 24.3 Å². The number of nitrogens with zero attached hydrogens (tertiary/aromatic N) is 4. The Balaban J connectivity index is 2.11. The molecule has 230 valence electrons. The van der Waals surface area contributed by atoms with Crippen molar-refractivity contribution in [2.45, 2.75) is 38.6 Å². The SMILES string of the molecule is CCOc1ccc(CCCCC(C(=O)O)N2CCN(CC(=O)O)CCN(CC(=O)O)CCN(CC(=O)O)CC2)cc1. The zero-order chi connectivity index (χ0) is 30.2. The second-order valence-corrected chi connectivity index (χ2v) is 10.2. The van der Waals surface area contributed by atoms with Gasteiger partial charge in [0, 0.05) is 52.4 Å². The minimum absolute atomic E-state index is 0.244. The number of ether oxygens (including phenoxy) is 1. The lowest BCUT2D eigenvalue weighted by Gasteiger charge is -2.35. The summed E-state index contributed by atoms with van der Waals surface area (Å²) in [6.45, 7) is 4.04. The van der Waals surface area contributed by atoms with Crippen LogP contribution in [0, 0.1) is 0 Å². The van der Waals surface area contributed by atoms with Crippen molar-refractivity contribution in [3.8, 4) is 5.75 Å². The van der Waals surface area contributed by atoms with E-state index in [9.17, 15) is 39.6 Å². The molecule has 1 heterocycles.